The third-order valence-corrected chi connectivity index (χ3v) is 7.29. The Morgan fingerprint density at radius 1 is 1.15 bits per heavy atom. The number of hydrogen-bond acceptors (Lipinski definition) is 5. The summed E-state index contributed by atoms with van der Waals surface area (Å²) in [5, 5.41) is 6.80. The summed E-state index contributed by atoms with van der Waals surface area (Å²) in [6.07, 6.45) is 4.94. The van der Waals surface area contributed by atoms with E-state index in [9.17, 15) is 14.4 Å². The van der Waals surface area contributed by atoms with Crippen molar-refractivity contribution in [1.82, 2.24) is 24.9 Å². The number of carbonyl (C=O) groups is 3. The number of nitrogens with one attached hydrogen (secondary N) is 2. The predicted octanol–water partition coefficient (Wildman–Crippen LogP) is 5.36. The van der Waals surface area contributed by atoms with E-state index < -0.39 is 5.60 Å². The first-order chi connectivity index (χ1) is 19.5. The number of hydrogen-bond donors (Lipinski definition) is 2. The standard InChI is InChI=1S/C31H40ClN5O4/c1-5-8-22(21-12-14-23(32)15-13-21)18-33-29(39)26-10-6-11-27-34-25(20-37(26)27)17-28(38)35-24-9-7-16-36(19-24)30(40)41-31(2,3)4/h6,10-15,20,22,24H,5,7-9,16-19H2,1-4H3,(H,33,39)(H,35,38)/t22?,24-/m1/s1. The lowest BCUT2D eigenvalue weighted by Gasteiger charge is -2.34. The summed E-state index contributed by atoms with van der Waals surface area (Å²) in [7, 11) is 0. The molecule has 1 fully saturated rings. The molecule has 1 aliphatic rings. The van der Waals surface area contributed by atoms with Crippen molar-refractivity contribution in [2.24, 2.45) is 0 Å². The minimum atomic E-state index is -0.569. The molecule has 41 heavy (non-hydrogen) atoms. The lowest BCUT2D eigenvalue weighted by Crippen LogP contribution is -2.51. The van der Waals surface area contributed by atoms with Gasteiger partial charge < -0.3 is 20.3 Å². The molecule has 1 aliphatic heterocycles. The number of halogens is 1. The van der Waals surface area contributed by atoms with Gasteiger partial charge in [-0.15, -0.1) is 0 Å². The van der Waals surface area contributed by atoms with Crippen LogP contribution in [0.25, 0.3) is 5.65 Å². The van der Waals surface area contributed by atoms with Gasteiger partial charge in [-0.3, -0.25) is 14.0 Å². The van der Waals surface area contributed by atoms with Crippen LogP contribution in [-0.4, -0.2) is 63.5 Å². The van der Waals surface area contributed by atoms with E-state index in [4.69, 9.17) is 16.3 Å². The molecule has 3 aromatic rings. The molecule has 10 heteroatoms. The number of nitrogens with zero attached hydrogens (tertiary/aromatic N) is 3. The fourth-order valence-electron chi connectivity index (χ4n) is 5.14. The third-order valence-electron chi connectivity index (χ3n) is 7.04. The van der Waals surface area contributed by atoms with Crippen LogP contribution in [0.1, 0.15) is 81.0 Å². The summed E-state index contributed by atoms with van der Waals surface area (Å²) >= 11 is 6.05. The van der Waals surface area contributed by atoms with Crippen molar-refractivity contribution in [1.29, 1.82) is 0 Å². The minimum Gasteiger partial charge on any atom is -0.444 e. The zero-order valence-corrected chi connectivity index (χ0v) is 25.0. The molecule has 2 atom stereocenters. The van der Waals surface area contributed by atoms with Crippen molar-refractivity contribution in [2.75, 3.05) is 19.6 Å². The van der Waals surface area contributed by atoms with Crippen LogP contribution in [0, 0.1) is 0 Å². The Hall–Kier alpha value is -3.59. The molecule has 0 radical (unpaired) electrons. The lowest BCUT2D eigenvalue weighted by atomic mass is 9.94. The highest BCUT2D eigenvalue weighted by atomic mass is 35.5. The van der Waals surface area contributed by atoms with Gasteiger partial charge in [0.1, 0.15) is 16.9 Å². The van der Waals surface area contributed by atoms with Crippen LogP contribution in [0.2, 0.25) is 5.02 Å². The monoisotopic (exact) mass is 581 g/mol. The summed E-state index contributed by atoms with van der Waals surface area (Å²) in [6, 6.07) is 12.9. The number of benzene rings is 1. The molecule has 1 saturated heterocycles. The molecule has 1 aromatic carbocycles. The van der Waals surface area contributed by atoms with Gasteiger partial charge in [0.05, 0.1) is 12.1 Å². The molecule has 0 bridgehead atoms. The Morgan fingerprint density at radius 2 is 1.90 bits per heavy atom. The van der Waals surface area contributed by atoms with E-state index in [1.165, 1.54) is 0 Å². The predicted molar refractivity (Wildman–Crippen MR) is 159 cm³/mol. The largest absolute Gasteiger partial charge is 0.444 e. The number of aromatic nitrogens is 2. The molecule has 1 unspecified atom stereocenters. The first-order valence-electron chi connectivity index (χ1n) is 14.3. The van der Waals surface area contributed by atoms with Gasteiger partial charge in [0.15, 0.2) is 0 Å². The summed E-state index contributed by atoms with van der Waals surface area (Å²) < 4.78 is 7.21. The van der Waals surface area contributed by atoms with E-state index in [1.54, 1.807) is 27.6 Å². The molecule has 9 nitrogen and oxygen atoms in total. The van der Waals surface area contributed by atoms with E-state index in [2.05, 4.69) is 22.5 Å². The minimum absolute atomic E-state index is 0.0703. The van der Waals surface area contributed by atoms with Crippen molar-refractivity contribution in [2.45, 2.75) is 77.4 Å². The van der Waals surface area contributed by atoms with Gasteiger partial charge in [0.2, 0.25) is 5.91 Å². The van der Waals surface area contributed by atoms with Gasteiger partial charge in [-0.25, -0.2) is 9.78 Å². The summed E-state index contributed by atoms with van der Waals surface area (Å²) in [6.45, 7) is 9.15. The van der Waals surface area contributed by atoms with Crippen molar-refractivity contribution in [3.05, 3.63) is 70.6 Å². The van der Waals surface area contributed by atoms with Gasteiger partial charge in [-0.1, -0.05) is 43.1 Å². The molecule has 2 aromatic heterocycles. The molecule has 3 amide bonds. The molecule has 3 heterocycles. The first-order valence-corrected chi connectivity index (χ1v) is 14.7. The van der Waals surface area contributed by atoms with E-state index >= 15 is 0 Å². The van der Waals surface area contributed by atoms with Gasteiger partial charge in [0, 0.05) is 42.8 Å². The van der Waals surface area contributed by atoms with Crippen LogP contribution < -0.4 is 10.6 Å². The number of carbonyl (C=O) groups excluding carboxylic acids is 3. The van der Waals surface area contributed by atoms with Crippen molar-refractivity contribution >= 4 is 35.2 Å². The van der Waals surface area contributed by atoms with E-state index in [0.717, 1.165) is 31.2 Å². The van der Waals surface area contributed by atoms with Gasteiger partial charge >= 0.3 is 6.09 Å². The molecular weight excluding hydrogens is 542 g/mol. The number of amides is 3. The topological polar surface area (TPSA) is 105 Å². The maximum Gasteiger partial charge on any atom is 0.410 e. The third kappa shape index (κ3) is 8.45. The van der Waals surface area contributed by atoms with Gasteiger partial charge in [-0.05, 0) is 69.9 Å². The van der Waals surface area contributed by atoms with Crippen LogP contribution in [0.4, 0.5) is 4.79 Å². The zero-order valence-electron chi connectivity index (χ0n) is 24.3. The Morgan fingerprint density at radius 3 is 2.61 bits per heavy atom. The van der Waals surface area contributed by atoms with Crippen LogP contribution in [0.3, 0.4) is 0 Å². The second-order valence-corrected chi connectivity index (χ2v) is 12.1. The van der Waals surface area contributed by atoms with Crippen LogP contribution in [0.15, 0.2) is 48.7 Å². The second kappa shape index (κ2) is 13.4. The summed E-state index contributed by atoms with van der Waals surface area (Å²) in [5.41, 5.74) is 2.18. The number of pyridine rings is 1. The Balaban J connectivity index is 1.37. The molecule has 0 spiro atoms. The van der Waals surface area contributed by atoms with Gasteiger partial charge in [-0.2, -0.15) is 0 Å². The molecule has 0 saturated carbocycles. The lowest BCUT2D eigenvalue weighted by molar-refractivity contribution is -0.121. The number of piperidine rings is 1. The fourth-order valence-corrected chi connectivity index (χ4v) is 5.26. The van der Waals surface area contributed by atoms with Gasteiger partial charge in [0.25, 0.3) is 5.91 Å². The SMILES string of the molecule is CCCC(CNC(=O)c1cccc2nc(CC(=O)N[C@@H]3CCCN(C(=O)OC(C)(C)C)C3)cn12)c1ccc(Cl)cc1. The first kappa shape index (κ1) is 30.4. The second-order valence-electron chi connectivity index (χ2n) is 11.6. The van der Waals surface area contributed by atoms with Crippen molar-refractivity contribution < 1.29 is 19.1 Å². The van der Waals surface area contributed by atoms with Crippen LogP contribution in [0.5, 0.6) is 0 Å². The average Bonchev–Trinajstić information content (AvgIpc) is 3.33. The summed E-state index contributed by atoms with van der Waals surface area (Å²) in [5.74, 6) is -0.210. The van der Waals surface area contributed by atoms with Crippen LogP contribution >= 0.6 is 11.6 Å². The number of ether oxygens (including phenoxy) is 1. The Bertz CT molecular complexity index is 1370. The highest BCUT2D eigenvalue weighted by molar-refractivity contribution is 6.30. The highest BCUT2D eigenvalue weighted by Crippen LogP contribution is 2.23. The number of rotatable bonds is 9. The quantitative estimate of drug-likeness (QED) is 0.354. The highest BCUT2D eigenvalue weighted by Gasteiger charge is 2.28. The van der Waals surface area contributed by atoms with Crippen molar-refractivity contribution in [3.8, 4) is 0 Å². The average molecular weight is 582 g/mol. The smallest absolute Gasteiger partial charge is 0.410 e. The Labute approximate surface area is 246 Å². The maximum atomic E-state index is 13.2. The molecular formula is C31H40ClN5O4. The fraction of sp³-hybridized carbons (Fsp3) is 0.484. The number of likely N-dealkylation sites (tertiary alicyclic amines) is 1. The molecule has 220 valence electrons. The normalized spacial score (nSPS) is 16.3. The molecule has 2 N–H and O–H groups in total. The number of imidazole rings is 1. The van der Waals surface area contributed by atoms with E-state index in [-0.39, 0.29) is 36.3 Å². The Kier molecular flexibility index (Phi) is 9.91. The summed E-state index contributed by atoms with van der Waals surface area (Å²) in [4.78, 5) is 44.8. The van der Waals surface area contributed by atoms with E-state index in [1.807, 2.05) is 51.1 Å². The van der Waals surface area contributed by atoms with E-state index in [0.29, 0.717) is 41.7 Å². The zero-order chi connectivity index (χ0) is 29.6. The molecule has 4 rings (SSSR count). The van der Waals surface area contributed by atoms with Crippen molar-refractivity contribution in [3.63, 3.8) is 0 Å². The molecule has 0 aliphatic carbocycles. The van der Waals surface area contributed by atoms with Crippen LogP contribution in [-0.2, 0) is 16.0 Å². The maximum absolute atomic E-state index is 13.2. The number of fused-ring (bicyclic) bond motifs is 1.